The molecule has 14 heavy (non-hydrogen) atoms. The summed E-state index contributed by atoms with van der Waals surface area (Å²) in [5, 5.41) is 0. The summed E-state index contributed by atoms with van der Waals surface area (Å²) in [6, 6.07) is 5.53. The second kappa shape index (κ2) is 2.81. The van der Waals surface area contributed by atoms with Gasteiger partial charge in [-0.15, -0.1) is 0 Å². The van der Waals surface area contributed by atoms with Crippen molar-refractivity contribution in [2.75, 3.05) is 6.26 Å². The van der Waals surface area contributed by atoms with E-state index in [1.165, 1.54) is 10.3 Å². The van der Waals surface area contributed by atoms with Crippen molar-refractivity contribution in [1.29, 1.82) is 0 Å². The van der Waals surface area contributed by atoms with Crippen molar-refractivity contribution in [3.05, 3.63) is 30.1 Å². The van der Waals surface area contributed by atoms with E-state index >= 15 is 0 Å². The van der Waals surface area contributed by atoms with E-state index in [1.807, 2.05) is 25.1 Å². The van der Waals surface area contributed by atoms with Crippen LogP contribution in [0.1, 0.15) is 5.56 Å². The fourth-order valence-electron chi connectivity index (χ4n) is 1.36. The van der Waals surface area contributed by atoms with Gasteiger partial charge in [0.25, 0.3) is 0 Å². The van der Waals surface area contributed by atoms with Gasteiger partial charge in [-0.2, -0.15) is 0 Å². The number of hydrogen-bond acceptors (Lipinski definition) is 3. The van der Waals surface area contributed by atoms with Crippen LogP contribution in [-0.2, 0) is 10.0 Å². The molecular weight excluding hydrogens is 200 g/mol. The Labute approximate surface area is 82.2 Å². The fourth-order valence-corrected chi connectivity index (χ4v) is 2.08. The van der Waals surface area contributed by atoms with E-state index < -0.39 is 10.0 Å². The van der Waals surface area contributed by atoms with Crippen molar-refractivity contribution in [1.82, 2.24) is 8.96 Å². The van der Waals surface area contributed by atoms with Crippen LogP contribution in [0.4, 0.5) is 0 Å². The lowest BCUT2D eigenvalue weighted by atomic mass is 10.2. The first-order chi connectivity index (χ1) is 6.48. The van der Waals surface area contributed by atoms with Crippen molar-refractivity contribution >= 4 is 21.1 Å². The topological polar surface area (TPSA) is 52.0 Å². The van der Waals surface area contributed by atoms with Crippen LogP contribution in [0.2, 0.25) is 0 Å². The molecular formula is C9H10N2O2S. The molecule has 1 aromatic heterocycles. The van der Waals surface area contributed by atoms with Gasteiger partial charge in [0.05, 0.1) is 17.3 Å². The summed E-state index contributed by atoms with van der Waals surface area (Å²) in [4.78, 5) is 4.01. The number of hydrogen-bond donors (Lipinski definition) is 0. The Morgan fingerprint density at radius 2 is 2.07 bits per heavy atom. The van der Waals surface area contributed by atoms with Gasteiger partial charge in [-0.3, -0.25) is 0 Å². The van der Waals surface area contributed by atoms with E-state index in [9.17, 15) is 8.42 Å². The maximum absolute atomic E-state index is 11.3. The first-order valence-corrected chi connectivity index (χ1v) is 5.97. The maximum atomic E-state index is 11.3. The molecule has 0 aliphatic rings. The highest BCUT2D eigenvalue weighted by Gasteiger charge is 2.10. The normalized spacial score (nSPS) is 12.1. The van der Waals surface area contributed by atoms with Crippen LogP contribution in [0.5, 0.6) is 0 Å². The number of rotatable bonds is 1. The quantitative estimate of drug-likeness (QED) is 0.709. The highest BCUT2D eigenvalue weighted by Crippen LogP contribution is 2.15. The molecule has 0 bridgehead atoms. The fraction of sp³-hybridized carbons (Fsp3) is 0.222. The third kappa shape index (κ3) is 1.39. The zero-order valence-electron chi connectivity index (χ0n) is 7.93. The van der Waals surface area contributed by atoms with Gasteiger partial charge in [0, 0.05) is 0 Å². The SMILES string of the molecule is Cc1ccc2ncn(S(C)(=O)=O)c2c1. The Balaban J connectivity index is 2.87. The molecule has 0 spiro atoms. The number of imidazole rings is 1. The second-order valence-electron chi connectivity index (χ2n) is 3.30. The molecule has 0 saturated carbocycles. The van der Waals surface area contributed by atoms with Crippen LogP contribution in [-0.4, -0.2) is 23.6 Å². The predicted octanol–water partition coefficient (Wildman–Crippen LogP) is 1.15. The molecule has 0 aliphatic heterocycles. The average Bonchev–Trinajstić information content (AvgIpc) is 2.45. The van der Waals surface area contributed by atoms with Gasteiger partial charge in [0.1, 0.15) is 6.33 Å². The predicted molar refractivity (Wildman–Crippen MR) is 54.7 cm³/mol. The Morgan fingerprint density at radius 3 is 2.71 bits per heavy atom. The van der Waals surface area contributed by atoms with Crippen molar-refractivity contribution < 1.29 is 8.42 Å². The molecule has 2 aromatic rings. The summed E-state index contributed by atoms with van der Waals surface area (Å²) in [5.74, 6) is 0. The van der Waals surface area contributed by atoms with Gasteiger partial charge < -0.3 is 0 Å². The largest absolute Gasteiger partial charge is 0.237 e. The Morgan fingerprint density at radius 1 is 1.36 bits per heavy atom. The molecule has 1 aromatic carbocycles. The third-order valence-electron chi connectivity index (χ3n) is 2.03. The van der Waals surface area contributed by atoms with Crippen LogP contribution in [0.3, 0.4) is 0 Å². The number of nitrogens with zero attached hydrogens (tertiary/aromatic N) is 2. The molecule has 0 radical (unpaired) electrons. The smallest absolute Gasteiger partial charge is 0.236 e. The van der Waals surface area contributed by atoms with Crippen LogP contribution in [0.15, 0.2) is 24.5 Å². The monoisotopic (exact) mass is 210 g/mol. The molecule has 0 saturated heterocycles. The molecule has 0 aliphatic carbocycles. The molecule has 74 valence electrons. The summed E-state index contributed by atoms with van der Waals surface area (Å²) in [6.45, 7) is 1.92. The minimum Gasteiger partial charge on any atom is -0.236 e. The molecule has 0 N–H and O–H groups in total. The Hall–Kier alpha value is -1.36. The van der Waals surface area contributed by atoms with Crippen LogP contribution >= 0.6 is 0 Å². The van der Waals surface area contributed by atoms with E-state index in [-0.39, 0.29) is 0 Å². The summed E-state index contributed by atoms with van der Waals surface area (Å²) in [7, 11) is -3.25. The second-order valence-corrected chi connectivity index (χ2v) is 5.15. The van der Waals surface area contributed by atoms with Gasteiger partial charge in [0.15, 0.2) is 0 Å². The van der Waals surface area contributed by atoms with Crippen LogP contribution < -0.4 is 0 Å². The summed E-state index contributed by atoms with van der Waals surface area (Å²) in [5.41, 5.74) is 2.34. The summed E-state index contributed by atoms with van der Waals surface area (Å²) < 4.78 is 23.9. The minimum absolute atomic E-state index is 0.632. The molecule has 4 nitrogen and oxygen atoms in total. The minimum atomic E-state index is -3.25. The highest BCUT2D eigenvalue weighted by atomic mass is 32.2. The standard InChI is InChI=1S/C9H10N2O2S/c1-7-3-4-8-9(5-7)11(6-10-8)14(2,12)13/h3-6H,1-2H3. The summed E-state index contributed by atoms with van der Waals surface area (Å²) in [6.07, 6.45) is 2.50. The Bertz CT molecular complexity index is 584. The lowest BCUT2D eigenvalue weighted by Gasteiger charge is -2.00. The lowest BCUT2D eigenvalue weighted by Crippen LogP contribution is -2.08. The lowest BCUT2D eigenvalue weighted by molar-refractivity contribution is 0.595. The molecule has 1 heterocycles. The number of aryl methyl sites for hydroxylation is 1. The van der Waals surface area contributed by atoms with Gasteiger partial charge in [-0.1, -0.05) is 6.07 Å². The van der Waals surface area contributed by atoms with Crippen molar-refractivity contribution in [2.24, 2.45) is 0 Å². The van der Waals surface area contributed by atoms with Crippen molar-refractivity contribution in [3.63, 3.8) is 0 Å². The van der Waals surface area contributed by atoms with Gasteiger partial charge in [0.2, 0.25) is 10.0 Å². The molecule has 5 heteroatoms. The zero-order chi connectivity index (χ0) is 10.3. The van der Waals surface area contributed by atoms with E-state index in [0.29, 0.717) is 11.0 Å². The molecule has 0 fully saturated rings. The van der Waals surface area contributed by atoms with Gasteiger partial charge in [-0.25, -0.2) is 17.4 Å². The zero-order valence-corrected chi connectivity index (χ0v) is 8.75. The van der Waals surface area contributed by atoms with E-state index in [4.69, 9.17) is 0 Å². The van der Waals surface area contributed by atoms with Crippen molar-refractivity contribution in [2.45, 2.75) is 6.92 Å². The molecule has 0 atom stereocenters. The van der Waals surface area contributed by atoms with Gasteiger partial charge >= 0.3 is 0 Å². The molecule has 0 amide bonds. The molecule has 2 rings (SSSR count). The third-order valence-corrected chi connectivity index (χ3v) is 3.03. The first kappa shape index (κ1) is 9.21. The van der Waals surface area contributed by atoms with E-state index in [0.717, 1.165) is 11.8 Å². The first-order valence-electron chi connectivity index (χ1n) is 4.13. The summed E-state index contributed by atoms with van der Waals surface area (Å²) >= 11 is 0. The number of aromatic nitrogens is 2. The highest BCUT2D eigenvalue weighted by molar-refractivity contribution is 7.89. The Kier molecular flexibility index (Phi) is 1.85. The average molecular weight is 210 g/mol. The van der Waals surface area contributed by atoms with Crippen LogP contribution in [0, 0.1) is 6.92 Å². The van der Waals surface area contributed by atoms with E-state index in [1.54, 1.807) is 0 Å². The molecule has 0 unspecified atom stereocenters. The number of benzene rings is 1. The van der Waals surface area contributed by atoms with Crippen molar-refractivity contribution in [3.8, 4) is 0 Å². The number of fused-ring (bicyclic) bond motifs is 1. The van der Waals surface area contributed by atoms with Gasteiger partial charge in [-0.05, 0) is 24.6 Å². The van der Waals surface area contributed by atoms with E-state index in [2.05, 4.69) is 4.98 Å². The maximum Gasteiger partial charge on any atom is 0.237 e. The van der Waals surface area contributed by atoms with Crippen LogP contribution in [0.25, 0.3) is 11.0 Å².